The number of hydrogen-bond acceptors (Lipinski definition) is 5. The summed E-state index contributed by atoms with van der Waals surface area (Å²) in [7, 11) is 1.73. The first kappa shape index (κ1) is 27.2. The van der Waals surface area contributed by atoms with Gasteiger partial charge in [-0.3, -0.25) is 4.90 Å². The third kappa shape index (κ3) is 6.66. The third-order valence-corrected chi connectivity index (χ3v) is 6.93. The van der Waals surface area contributed by atoms with E-state index in [0.717, 1.165) is 65.4 Å². The molecule has 8 heteroatoms. The molecule has 1 aliphatic rings. The van der Waals surface area contributed by atoms with Crippen molar-refractivity contribution in [1.82, 2.24) is 19.5 Å². The van der Waals surface area contributed by atoms with Gasteiger partial charge in [-0.1, -0.05) is 55.8 Å². The van der Waals surface area contributed by atoms with Gasteiger partial charge in [0.2, 0.25) is 0 Å². The van der Waals surface area contributed by atoms with Gasteiger partial charge in [-0.15, -0.1) is 0 Å². The second-order valence-electron chi connectivity index (χ2n) is 8.21. The lowest BCUT2D eigenvalue weighted by atomic mass is 10.0. The highest BCUT2D eigenvalue weighted by Gasteiger charge is 2.22. The molecule has 1 aliphatic heterocycles. The molecule has 1 saturated heterocycles. The molecular formula is C27H35BrClN5O. The average molecular weight is 561 g/mol. The number of halogens is 2. The highest BCUT2D eigenvalue weighted by Crippen LogP contribution is 2.31. The predicted octanol–water partition coefficient (Wildman–Crippen LogP) is 7.21. The fourth-order valence-corrected chi connectivity index (χ4v) is 4.73. The molecule has 0 atom stereocenters. The van der Waals surface area contributed by atoms with Gasteiger partial charge in [0.1, 0.15) is 5.82 Å². The van der Waals surface area contributed by atoms with Crippen LogP contribution in [0.2, 0.25) is 5.02 Å². The fraction of sp³-hybridized carbons (Fsp3) is 0.407. The predicted molar refractivity (Wildman–Crippen MR) is 150 cm³/mol. The van der Waals surface area contributed by atoms with E-state index in [0.29, 0.717) is 11.1 Å². The Morgan fingerprint density at radius 3 is 2.63 bits per heavy atom. The van der Waals surface area contributed by atoms with E-state index in [1.165, 1.54) is 5.57 Å². The molecule has 0 unspecified atom stereocenters. The van der Waals surface area contributed by atoms with Gasteiger partial charge in [-0.05, 0) is 48.7 Å². The number of benzene rings is 1. The molecule has 0 amide bonds. The number of likely N-dealkylation sites (tertiary alicyclic amines) is 1. The molecule has 0 saturated carbocycles. The van der Waals surface area contributed by atoms with Crippen molar-refractivity contribution >= 4 is 39.0 Å². The van der Waals surface area contributed by atoms with Gasteiger partial charge in [0.05, 0.1) is 29.2 Å². The zero-order valence-electron chi connectivity index (χ0n) is 21.2. The van der Waals surface area contributed by atoms with Gasteiger partial charge >= 0.3 is 0 Å². The minimum atomic E-state index is 0.353. The molecule has 3 heterocycles. The van der Waals surface area contributed by atoms with Crippen molar-refractivity contribution in [3.05, 3.63) is 69.5 Å². The smallest absolute Gasteiger partial charge is 0.172 e. The van der Waals surface area contributed by atoms with Gasteiger partial charge < -0.3 is 10.1 Å². The first-order chi connectivity index (χ1) is 17.0. The highest BCUT2D eigenvalue weighted by molar-refractivity contribution is 9.10. The summed E-state index contributed by atoms with van der Waals surface area (Å²) in [5, 5.41) is 8.92. The molecule has 0 bridgehead atoms. The van der Waals surface area contributed by atoms with Crippen LogP contribution in [0.25, 0.3) is 16.9 Å². The molecule has 2 aromatic heterocycles. The number of ether oxygens (including phenoxy) is 1. The Kier molecular flexibility index (Phi) is 10.2. The van der Waals surface area contributed by atoms with Gasteiger partial charge in [0, 0.05) is 47.9 Å². The maximum atomic E-state index is 6.46. The monoisotopic (exact) mass is 559 g/mol. The molecular weight excluding hydrogens is 526 g/mol. The lowest BCUT2D eigenvalue weighted by Crippen LogP contribution is -2.40. The maximum Gasteiger partial charge on any atom is 0.172 e. The maximum absolute atomic E-state index is 6.46. The van der Waals surface area contributed by atoms with E-state index in [1.807, 2.05) is 62.5 Å². The average Bonchev–Trinajstić information content (AvgIpc) is 3.26. The van der Waals surface area contributed by atoms with Crippen LogP contribution < -0.4 is 5.32 Å². The minimum Gasteiger partial charge on any atom is -0.501 e. The molecule has 1 fully saturated rings. The third-order valence-electron chi connectivity index (χ3n) is 6.04. The van der Waals surface area contributed by atoms with Gasteiger partial charge in [-0.25, -0.2) is 4.98 Å². The topological polar surface area (TPSA) is 54.7 Å². The Balaban J connectivity index is 0.00000167. The highest BCUT2D eigenvalue weighted by atomic mass is 79.9. The molecule has 1 aromatic carbocycles. The Bertz CT molecular complexity index is 1180. The Morgan fingerprint density at radius 1 is 1.26 bits per heavy atom. The van der Waals surface area contributed by atoms with Crippen LogP contribution in [0.1, 0.15) is 40.5 Å². The number of fused-ring (bicyclic) bond motifs is 1. The van der Waals surface area contributed by atoms with E-state index in [1.54, 1.807) is 13.3 Å². The van der Waals surface area contributed by atoms with Gasteiger partial charge in [0.25, 0.3) is 0 Å². The number of piperidine rings is 1. The summed E-state index contributed by atoms with van der Waals surface area (Å²) in [6.45, 7) is 11.0. The van der Waals surface area contributed by atoms with Crippen molar-refractivity contribution in [3.8, 4) is 11.3 Å². The summed E-state index contributed by atoms with van der Waals surface area (Å²) in [6.07, 6.45) is 8.08. The normalized spacial score (nSPS) is 15.6. The zero-order chi connectivity index (χ0) is 25.4. The van der Waals surface area contributed by atoms with Crippen molar-refractivity contribution in [1.29, 1.82) is 0 Å². The number of rotatable bonds is 7. The number of aromatic nitrogens is 3. The quantitative estimate of drug-likeness (QED) is 0.244. The fourth-order valence-electron chi connectivity index (χ4n) is 4.14. The van der Waals surface area contributed by atoms with Crippen molar-refractivity contribution < 1.29 is 4.74 Å². The van der Waals surface area contributed by atoms with Crippen LogP contribution in [0.5, 0.6) is 0 Å². The summed E-state index contributed by atoms with van der Waals surface area (Å²) < 4.78 is 8.17. The van der Waals surface area contributed by atoms with E-state index in [2.05, 4.69) is 43.4 Å². The molecule has 0 aliphatic carbocycles. The Labute approximate surface area is 222 Å². The summed E-state index contributed by atoms with van der Waals surface area (Å²) in [6, 6.07) is 10.2. The van der Waals surface area contributed by atoms with Crippen molar-refractivity contribution in [2.75, 3.05) is 32.1 Å². The minimum absolute atomic E-state index is 0.353. The Hall–Kier alpha value is -2.35. The molecule has 35 heavy (non-hydrogen) atoms. The van der Waals surface area contributed by atoms with E-state index < -0.39 is 0 Å². The first-order valence-electron chi connectivity index (χ1n) is 12.1. The van der Waals surface area contributed by atoms with Crippen LogP contribution >= 0.6 is 27.5 Å². The Morgan fingerprint density at radius 2 is 1.97 bits per heavy atom. The number of anilines is 1. The van der Waals surface area contributed by atoms with Crippen molar-refractivity contribution in [2.45, 2.75) is 46.6 Å². The van der Waals surface area contributed by atoms with E-state index in [-0.39, 0.29) is 0 Å². The molecule has 6 nitrogen and oxygen atoms in total. The molecule has 4 rings (SSSR count). The van der Waals surface area contributed by atoms with Crippen LogP contribution in [0.3, 0.4) is 0 Å². The molecule has 0 spiro atoms. The van der Waals surface area contributed by atoms with Crippen LogP contribution in [0, 0.1) is 0 Å². The number of nitrogens with zero attached hydrogens (tertiary/aromatic N) is 4. The van der Waals surface area contributed by atoms with Crippen LogP contribution in [-0.4, -0.2) is 52.3 Å². The van der Waals surface area contributed by atoms with Gasteiger partial charge in [-0.2, -0.15) is 9.61 Å². The second kappa shape index (κ2) is 13.1. The lowest BCUT2D eigenvalue weighted by molar-refractivity contribution is 0.228. The first-order valence-corrected chi connectivity index (χ1v) is 13.3. The molecule has 0 radical (unpaired) electrons. The van der Waals surface area contributed by atoms with E-state index >= 15 is 0 Å². The van der Waals surface area contributed by atoms with Crippen molar-refractivity contribution in [3.63, 3.8) is 0 Å². The summed E-state index contributed by atoms with van der Waals surface area (Å²) in [5.74, 6) is 1.90. The lowest BCUT2D eigenvalue weighted by Gasteiger charge is -2.33. The van der Waals surface area contributed by atoms with Crippen LogP contribution in [0.4, 0.5) is 5.82 Å². The standard InChI is InChI=1S/C25H29BrClN5O.C2H6/c1-4-7-18(17(2)33-3)16-31-12-10-19(11-13-31)29-24-14-23(20-8-5-6-9-22(20)27)30-25-21(26)15-28-32(24)25;1-2/h4-9,14-15,19,29H,10-13,16H2,1-3H3;1-2H3/b7-4-,18-17-;. The summed E-state index contributed by atoms with van der Waals surface area (Å²) >= 11 is 10.0. The number of hydrogen-bond donors (Lipinski definition) is 1. The van der Waals surface area contributed by atoms with Gasteiger partial charge in [0.15, 0.2) is 5.65 Å². The largest absolute Gasteiger partial charge is 0.501 e. The number of methoxy groups -OCH3 is 1. The number of allylic oxidation sites excluding steroid dienone is 2. The van der Waals surface area contributed by atoms with Crippen molar-refractivity contribution in [2.24, 2.45) is 0 Å². The molecule has 3 aromatic rings. The summed E-state index contributed by atoms with van der Waals surface area (Å²) in [4.78, 5) is 7.29. The molecule has 1 N–H and O–H groups in total. The number of nitrogens with one attached hydrogen (secondary N) is 1. The van der Waals surface area contributed by atoms with E-state index in [9.17, 15) is 0 Å². The van der Waals surface area contributed by atoms with Crippen LogP contribution in [0.15, 0.2) is 64.5 Å². The SMILES string of the molecule is C/C=C\C(CN1CCC(Nc2cc(-c3ccccc3Cl)nc3c(Br)cnn23)CC1)=C(/C)OC.CC. The second-order valence-corrected chi connectivity index (χ2v) is 9.48. The van der Waals surface area contributed by atoms with Crippen LogP contribution in [-0.2, 0) is 4.74 Å². The zero-order valence-corrected chi connectivity index (χ0v) is 23.5. The molecule has 188 valence electrons. The van der Waals surface area contributed by atoms with E-state index in [4.69, 9.17) is 21.3 Å². The summed E-state index contributed by atoms with van der Waals surface area (Å²) in [5.41, 5.74) is 3.73.